The maximum atomic E-state index is 4.47. The predicted molar refractivity (Wildman–Crippen MR) is 72.2 cm³/mol. The Hall–Kier alpha value is -2.29. The second-order valence-corrected chi connectivity index (χ2v) is 4.35. The summed E-state index contributed by atoms with van der Waals surface area (Å²) >= 11 is 0. The van der Waals surface area contributed by atoms with E-state index in [1.54, 1.807) is 12.4 Å². The Morgan fingerprint density at radius 2 is 1.78 bits per heavy atom. The minimum atomic E-state index is 0.735. The van der Waals surface area contributed by atoms with Crippen molar-refractivity contribution in [1.82, 2.24) is 15.0 Å². The minimum absolute atomic E-state index is 0.735. The van der Waals surface area contributed by atoms with E-state index in [1.807, 2.05) is 25.1 Å². The molecule has 0 aliphatic carbocycles. The zero-order valence-electron chi connectivity index (χ0n) is 10.4. The smallest absolute Gasteiger partial charge is 0.161 e. The number of pyridine rings is 1. The van der Waals surface area contributed by atoms with Crippen LogP contribution in [0.5, 0.6) is 0 Å². The van der Waals surface area contributed by atoms with Gasteiger partial charge in [-0.3, -0.25) is 4.98 Å². The predicted octanol–water partition coefficient (Wildman–Crippen LogP) is 3.31. The molecule has 0 radical (unpaired) electrons. The van der Waals surface area contributed by atoms with Crippen molar-refractivity contribution in [2.75, 3.05) is 0 Å². The van der Waals surface area contributed by atoms with Crippen molar-refractivity contribution < 1.29 is 0 Å². The lowest BCUT2D eigenvalue weighted by atomic mass is 10.0. The molecule has 0 spiro atoms. The highest BCUT2D eigenvalue weighted by Crippen LogP contribution is 2.26. The third kappa shape index (κ3) is 1.74. The zero-order chi connectivity index (χ0) is 12.5. The third-order valence-corrected chi connectivity index (χ3v) is 3.02. The lowest BCUT2D eigenvalue weighted by molar-refractivity contribution is 1.11. The Morgan fingerprint density at radius 3 is 2.61 bits per heavy atom. The Morgan fingerprint density at radius 1 is 0.889 bits per heavy atom. The molecule has 0 saturated carbocycles. The molecule has 3 rings (SSSR count). The zero-order valence-corrected chi connectivity index (χ0v) is 10.4. The molecule has 0 unspecified atom stereocenters. The van der Waals surface area contributed by atoms with Gasteiger partial charge < -0.3 is 0 Å². The summed E-state index contributed by atoms with van der Waals surface area (Å²) in [5, 5.41) is 1.15. The first-order valence-corrected chi connectivity index (χ1v) is 5.90. The van der Waals surface area contributed by atoms with Gasteiger partial charge in [-0.1, -0.05) is 12.1 Å². The van der Waals surface area contributed by atoms with E-state index >= 15 is 0 Å². The van der Waals surface area contributed by atoms with Crippen LogP contribution in [0.2, 0.25) is 0 Å². The fourth-order valence-electron chi connectivity index (χ4n) is 2.07. The molecule has 1 aromatic carbocycles. The fourth-order valence-corrected chi connectivity index (χ4v) is 2.07. The summed E-state index contributed by atoms with van der Waals surface area (Å²) in [6.07, 6.45) is 3.59. The summed E-state index contributed by atoms with van der Waals surface area (Å²) < 4.78 is 0. The summed E-state index contributed by atoms with van der Waals surface area (Å²) in [5.41, 5.74) is 4.13. The molecule has 0 aliphatic heterocycles. The molecule has 0 aliphatic rings. The first-order chi connectivity index (χ1) is 8.75. The van der Waals surface area contributed by atoms with Gasteiger partial charge in [0.1, 0.15) is 0 Å². The van der Waals surface area contributed by atoms with E-state index in [2.05, 4.69) is 34.0 Å². The van der Waals surface area contributed by atoms with Crippen molar-refractivity contribution in [2.24, 2.45) is 0 Å². The van der Waals surface area contributed by atoms with Gasteiger partial charge in [-0.25, -0.2) is 9.97 Å². The number of fused-ring (bicyclic) bond motifs is 1. The van der Waals surface area contributed by atoms with E-state index < -0.39 is 0 Å². The van der Waals surface area contributed by atoms with Crippen LogP contribution in [0.1, 0.15) is 11.3 Å². The van der Waals surface area contributed by atoms with Crippen molar-refractivity contribution in [2.45, 2.75) is 13.8 Å². The number of rotatable bonds is 1. The van der Waals surface area contributed by atoms with Crippen LogP contribution in [-0.2, 0) is 0 Å². The highest BCUT2D eigenvalue weighted by molar-refractivity contribution is 5.93. The van der Waals surface area contributed by atoms with Crippen molar-refractivity contribution in [1.29, 1.82) is 0 Å². The maximum absolute atomic E-state index is 4.47. The summed E-state index contributed by atoms with van der Waals surface area (Å²) in [5.74, 6) is 0.735. The topological polar surface area (TPSA) is 38.7 Å². The largest absolute Gasteiger partial charge is 0.255 e. The highest BCUT2D eigenvalue weighted by atomic mass is 14.9. The molecule has 88 valence electrons. The number of aromatic nitrogens is 3. The maximum Gasteiger partial charge on any atom is 0.161 e. The molecule has 18 heavy (non-hydrogen) atoms. The third-order valence-electron chi connectivity index (χ3n) is 3.02. The number of hydrogen-bond acceptors (Lipinski definition) is 3. The molecular formula is C15H13N3. The van der Waals surface area contributed by atoms with Crippen LogP contribution < -0.4 is 0 Å². The minimum Gasteiger partial charge on any atom is -0.255 e. The molecule has 0 N–H and O–H groups in total. The highest BCUT2D eigenvalue weighted by Gasteiger charge is 2.08. The Bertz CT molecular complexity index is 720. The van der Waals surface area contributed by atoms with Gasteiger partial charge in [0.25, 0.3) is 0 Å². The van der Waals surface area contributed by atoms with Gasteiger partial charge in [0.2, 0.25) is 0 Å². The number of hydrogen-bond donors (Lipinski definition) is 0. The van der Waals surface area contributed by atoms with Crippen LogP contribution >= 0.6 is 0 Å². The number of benzene rings is 1. The second-order valence-electron chi connectivity index (χ2n) is 4.35. The van der Waals surface area contributed by atoms with Gasteiger partial charge in [-0.05, 0) is 37.6 Å². The van der Waals surface area contributed by atoms with Gasteiger partial charge in [0.15, 0.2) is 5.82 Å². The standard InChI is InChI=1S/C15H13N3/c1-10-5-6-13(14-12(10)4-3-8-16-14)15-17-9-7-11(2)18-15/h3-9H,1-2H3. The lowest BCUT2D eigenvalue weighted by Gasteiger charge is -2.07. The van der Waals surface area contributed by atoms with Crippen LogP contribution in [0.15, 0.2) is 42.7 Å². The Balaban J connectivity index is 2.33. The first kappa shape index (κ1) is 10.8. The van der Waals surface area contributed by atoms with Gasteiger partial charge in [0, 0.05) is 29.0 Å². The van der Waals surface area contributed by atoms with Crippen molar-refractivity contribution in [3.05, 3.63) is 54.0 Å². The molecule has 0 fully saturated rings. The van der Waals surface area contributed by atoms with E-state index in [-0.39, 0.29) is 0 Å². The van der Waals surface area contributed by atoms with E-state index in [0.29, 0.717) is 0 Å². The van der Waals surface area contributed by atoms with Crippen LogP contribution in [-0.4, -0.2) is 15.0 Å². The molecule has 3 aromatic rings. The molecule has 2 heterocycles. The van der Waals surface area contributed by atoms with Crippen molar-refractivity contribution in [3.63, 3.8) is 0 Å². The molecule has 3 nitrogen and oxygen atoms in total. The summed E-state index contributed by atoms with van der Waals surface area (Å²) in [7, 11) is 0. The monoisotopic (exact) mass is 235 g/mol. The normalized spacial score (nSPS) is 10.8. The molecular weight excluding hydrogens is 222 g/mol. The van der Waals surface area contributed by atoms with Crippen LogP contribution in [0, 0.1) is 13.8 Å². The van der Waals surface area contributed by atoms with Crippen molar-refractivity contribution >= 4 is 10.9 Å². The molecule has 0 saturated heterocycles. The SMILES string of the molecule is Cc1ccnc(-c2ccc(C)c3cccnc23)n1. The molecule has 0 amide bonds. The summed E-state index contributed by atoms with van der Waals surface area (Å²) in [6, 6.07) is 10.1. The summed E-state index contributed by atoms with van der Waals surface area (Å²) in [6.45, 7) is 4.06. The van der Waals surface area contributed by atoms with Gasteiger partial charge in [0.05, 0.1) is 5.52 Å². The van der Waals surface area contributed by atoms with E-state index in [1.165, 1.54) is 5.56 Å². The first-order valence-electron chi connectivity index (χ1n) is 5.90. The van der Waals surface area contributed by atoms with Crippen LogP contribution in [0.25, 0.3) is 22.3 Å². The van der Waals surface area contributed by atoms with E-state index in [9.17, 15) is 0 Å². The Kier molecular flexibility index (Phi) is 2.52. The molecule has 0 bridgehead atoms. The quantitative estimate of drug-likeness (QED) is 0.649. The lowest BCUT2D eigenvalue weighted by Crippen LogP contribution is -1.93. The van der Waals surface area contributed by atoms with Crippen LogP contribution in [0.3, 0.4) is 0 Å². The Labute approximate surface area is 106 Å². The van der Waals surface area contributed by atoms with Crippen molar-refractivity contribution in [3.8, 4) is 11.4 Å². The fraction of sp³-hybridized carbons (Fsp3) is 0.133. The van der Waals surface area contributed by atoms with E-state index in [0.717, 1.165) is 28.0 Å². The average Bonchev–Trinajstić information content (AvgIpc) is 2.39. The van der Waals surface area contributed by atoms with E-state index in [4.69, 9.17) is 0 Å². The number of aryl methyl sites for hydroxylation is 2. The average molecular weight is 235 g/mol. The van der Waals surface area contributed by atoms with Gasteiger partial charge >= 0.3 is 0 Å². The van der Waals surface area contributed by atoms with Gasteiger partial charge in [-0.2, -0.15) is 0 Å². The second kappa shape index (κ2) is 4.18. The number of nitrogens with zero attached hydrogens (tertiary/aromatic N) is 3. The molecule has 3 heteroatoms. The van der Waals surface area contributed by atoms with Crippen LogP contribution in [0.4, 0.5) is 0 Å². The van der Waals surface area contributed by atoms with Gasteiger partial charge in [-0.15, -0.1) is 0 Å². The molecule has 2 aromatic heterocycles. The summed E-state index contributed by atoms with van der Waals surface area (Å²) in [4.78, 5) is 13.3. The molecule has 0 atom stereocenters.